The molecular weight excluding hydrogens is 439 g/mol. The van der Waals surface area contributed by atoms with Crippen LogP contribution in [-0.2, 0) is 19.1 Å². The van der Waals surface area contributed by atoms with E-state index >= 15 is 0 Å². The van der Waals surface area contributed by atoms with Gasteiger partial charge in [-0.25, -0.2) is 4.98 Å². The molecular formula is C23H24F3N3O2S. The van der Waals surface area contributed by atoms with Crippen LogP contribution in [0.25, 0.3) is 10.6 Å². The first kappa shape index (κ1) is 23.7. The van der Waals surface area contributed by atoms with E-state index in [0.717, 1.165) is 22.5 Å². The van der Waals surface area contributed by atoms with Crippen LogP contribution >= 0.6 is 11.3 Å². The van der Waals surface area contributed by atoms with Gasteiger partial charge in [-0.15, -0.1) is 11.3 Å². The van der Waals surface area contributed by atoms with Gasteiger partial charge in [0, 0.05) is 18.7 Å². The number of nitrogens with zero attached hydrogens (tertiary/aromatic N) is 2. The number of ether oxygens (including phenoxy) is 1. The van der Waals surface area contributed by atoms with Crippen LogP contribution in [0, 0.1) is 0 Å². The highest BCUT2D eigenvalue weighted by molar-refractivity contribution is 7.17. The molecule has 3 rings (SSSR count). The molecule has 3 aromatic rings. The minimum Gasteiger partial charge on any atom is -0.497 e. The maximum absolute atomic E-state index is 13.6. The number of benzene rings is 2. The Labute approximate surface area is 188 Å². The molecule has 32 heavy (non-hydrogen) atoms. The van der Waals surface area contributed by atoms with Gasteiger partial charge in [0.1, 0.15) is 15.6 Å². The number of aromatic nitrogens is 1. The molecule has 170 valence electrons. The fourth-order valence-electron chi connectivity index (χ4n) is 3.19. The summed E-state index contributed by atoms with van der Waals surface area (Å²) in [5, 5.41) is 2.75. The van der Waals surface area contributed by atoms with Gasteiger partial charge in [-0.1, -0.05) is 30.3 Å². The zero-order valence-corrected chi connectivity index (χ0v) is 18.8. The third-order valence-corrected chi connectivity index (χ3v) is 5.71. The molecule has 1 N–H and O–H groups in total. The molecule has 0 saturated carbocycles. The summed E-state index contributed by atoms with van der Waals surface area (Å²) in [6.45, 7) is 0.831. The second-order valence-corrected chi connectivity index (χ2v) is 8.49. The summed E-state index contributed by atoms with van der Waals surface area (Å²) in [6, 6.07) is 14.5. The summed E-state index contributed by atoms with van der Waals surface area (Å²) in [5.41, 5.74) is 1.24. The van der Waals surface area contributed by atoms with E-state index in [1.54, 1.807) is 31.4 Å². The third kappa shape index (κ3) is 6.08. The topological polar surface area (TPSA) is 54.5 Å². The van der Waals surface area contributed by atoms with Crippen LogP contribution in [0.4, 0.5) is 13.2 Å². The standard InChI is InChI=1S/C23H24F3N3O2S/c1-29(2)14-16-7-4-8-17(12-16)22-28-20(23(24,25)26)19(32-22)21(30)27-11-10-15-6-5-9-18(13-15)31-3/h4-9,12-13H,10-11,14H2,1-3H3,(H,27,30). The van der Waals surface area contributed by atoms with E-state index in [1.807, 2.05) is 43.3 Å². The summed E-state index contributed by atoms with van der Waals surface area (Å²) >= 11 is 0.751. The molecule has 0 unspecified atom stereocenters. The van der Waals surface area contributed by atoms with Gasteiger partial charge in [-0.05, 0) is 49.8 Å². The number of alkyl halides is 3. The molecule has 0 aliphatic carbocycles. The number of nitrogens with one attached hydrogen (secondary N) is 1. The molecule has 0 radical (unpaired) electrons. The first-order chi connectivity index (χ1) is 15.2. The van der Waals surface area contributed by atoms with Gasteiger partial charge in [0.2, 0.25) is 0 Å². The summed E-state index contributed by atoms with van der Waals surface area (Å²) in [4.78, 5) is 17.9. The van der Waals surface area contributed by atoms with Gasteiger partial charge in [-0.3, -0.25) is 4.79 Å². The maximum atomic E-state index is 13.6. The molecule has 1 heterocycles. The van der Waals surface area contributed by atoms with Crippen LogP contribution in [0.1, 0.15) is 26.5 Å². The van der Waals surface area contributed by atoms with Crippen LogP contribution in [-0.4, -0.2) is 43.5 Å². The number of hydrogen-bond acceptors (Lipinski definition) is 5. The van der Waals surface area contributed by atoms with E-state index in [0.29, 0.717) is 24.3 Å². The first-order valence-electron chi connectivity index (χ1n) is 9.90. The SMILES string of the molecule is COc1cccc(CCNC(=O)c2sc(-c3cccc(CN(C)C)c3)nc2C(F)(F)F)c1. The predicted molar refractivity (Wildman–Crippen MR) is 119 cm³/mol. The molecule has 0 fully saturated rings. The summed E-state index contributed by atoms with van der Waals surface area (Å²) < 4.78 is 46.0. The fraction of sp³-hybridized carbons (Fsp3) is 0.304. The highest BCUT2D eigenvalue weighted by Gasteiger charge is 2.39. The van der Waals surface area contributed by atoms with Crippen LogP contribution in [0.5, 0.6) is 5.75 Å². The van der Waals surface area contributed by atoms with E-state index in [-0.39, 0.29) is 11.6 Å². The monoisotopic (exact) mass is 463 g/mol. The first-order valence-corrected chi connectivity index (χ1v) is 10.7. The van der Waals surface area contributed by atoms with Crippen molar-refractivity contribution in [1.82, 2.24) is 15.2 Å². The summed E-state index contributed by atoms with van der Waals surface area (Å²) in [7, 11) is 5.37. The Hall–Kier alpha value is -2.91. The lowest BCUT2D eigenvalue weighted by Gasteiger charge is -2.10. The molecule has 2 aromatic carbocycles. The van der Waals surface area contributed by atoms with Crippen LogP contribution in [0.3, 0.4) is 0 Å². The van der Waals surface area contributed by atoms with Gasteiger partial charge >= 0.3 is 6.18 Å². The molecule has 0 aliphatic heterocycles. The smallest absolute Gasteiger partial charge is 0.435 e. The van der Waals surface area contributed by atoms with Gasteiger partial charge < -0.3 is 15.0 Å². The molecule has 0 saturated heterocycles. The van der Waals surface area contributed by atoms with Crippen molar-refractivity contribution in [2.24, 2.45) is 0 Å². The Morgan fingerprint density at radius 2 is 1.84 bits per heavy atom. The lowest BCUT2D eigenvalue weighted by molar-refractivity contribution is -0.141. The quantitative estimate of drug-likeness (QED) is 0.518. The second-order valence-electron chi connectivity index (χ2n) is 7.49. The zero-order valence-electron chi connectivity index (χ0n) is 18.0. The van der Waals surface area contributed by atoms with E-state index < -0.39 is 22.7 Å². The lowest BCUT2D eigenvalue weighted by atomic mass is 10.1. The minimum absolute atomic E-state index is 0.163. The number of hydrogen-bond donors (Lipinski definition) is 1. The van der Waals surface area contributed by atoms with Gasteiger partial charge in [0.15, 0.2) is 5.69 Å². The molecule has 0 atom stereocenters. The van der Waals surface area contributed by atoms with E-state index in [1.165, 1.54) is 0 Å². The normalized spacial score (nSPS) is 11.6. The number of methoxy groups -OCH3 is 1. The number of halogens is 3. The maximum Gasteiger partial charge on any atom is 0.435 e. The second kappa shape index (κ2) is 10.1. The molecule has 9 heteroatoms. The van der Waals surface area contributed by atoms with E-state index in [2.05, 4.69) is 10.3 Å². The number of amides is 1. The van der Waals surface area contributed by atoms with Gasteiger partial charge in [-0.2, -0.15) is 13.2 Å². The van der Waals surface area contributed by atoms with Crippen LogP contribution in [0.2, 0.25) is 0 Å². The predicted octanol–water partition coefficient (Wildman–Crippen LogP) is 4.87. The number of carbonyl (C=O) groups is 1. The Morgan fingerprint density at radius 1 is 1.12 bits per heavy atom. The zero-order chi connectivity index (χ0) is 23.3. The molecule has 0 aliphatic rings. The van der Waals surface area contributed by atoms with E-state index in [4.69, 9.17) is 4.74 Å². The molecule has 1 aromatic heterocycles. The minimum atomic E-state index is -4.73. The third-order valence-electron chi connectivity index (χ3n) is 4.61. The Balaban J connectivity index is 1.79. The molecule has 1 amide bonds. The van der Waals surface area contributed by atoms with Gasteiger partial charge in [0.05, 0.1) is 7.11 Å². The van der Waals surface area contributed by atoms with Crippen molar-refractivity contribution >= 4 is 17.2 Å². The largest absolute Gasteiger partial charge is 0.497 e. The molecule has 0 spiro atoms. The Bertz CT molecular complexity index is 1080. The number of carbonyl (C=O) groups excluding carboxylic acids is 1. The van der Waals surface area contributed by atoms with E-state index in [9.17, 15) is 18.0 Å². The van der Waals surface area contributed by atoms with Crippen molar-refractivity contribution < 1.29 is 22.7 Å². The van der Waals surface area contributed by atoms with Crippen molar-refractivity contribution in [3.63, 3.8) is 0 Å². The van der Waals surface area contributed by atoms with Crippen LogP contribution in [0.15, 0.2) is 48.5 Å². The van der Waals surface area contributed by atoms with Crippen molar-refractivity contribution in [2.75, 3.05) is 27.7 Å². The highest BCUT2D eigenvalue weighted by atomic mass is 32.1. The van der Waals surface area contributed by atoms with Crippen molar-refractivity contribution in [1.29, 1.82) is 0 Å². The average molecular weight is 464 g/mol. The Kier molecular flexibility index (Phi) is 7.52. The summed E-state index contributed by atoms with van der Waals surface area (Å²) in [6.07, 6.45) is -4.27. The highest BCUT2D eigenvalue weighted by Crippen LogP contribution is 2.38. The molecule has 0 bridgehead atoms. The number of rotatable bonds is 8. The van der Waals surface area contributed by atoms with Crippen molar-refractivity contribution in [3.8, 4) is 16.3 Å². The molecule has 5 nitrogen and oxygen atoms in total. The van der Waals surface area contributed by atoms with Crippen molar-refractivity contribution in [3.05, 3.63) is 70.2 Å². The lowest BCUT2D eigenvalue weighted by Crippen LogP contribution is -2.27. The summed E-state index contributed by atoms with van der Waals surface area (Å²) in [5.74, 6) is -0.106. The Morgan fingerprint density at radius 3 is 2.53 bits per heavy atom. The fourth-order valence-corrected chi connectivity index (χ4v) is 4.18. The van der Waals surface area contributed by atoms with Crippen LogP contribution < -0.4 is 10.1 Å². The van der Waals surface area contributed by atoms with Crippen molar-refractivity contribution in [2.45, 2.75) is 19.1 Å². The number of thiazole rings is 1. The van der Waals surface area contributed by atoms with Gasteiger partial charge in [0.25, 0.3) is 5.91 Å². The average Bonchev–Trinajstić information content (AvgIpc) is 3.20.